The van der Waals surface area contributed by atoms with Crippen LogP contribution in [0, 0.1) is 0 Å². The first-order valence-electron chi connectivity index (χ1n) is 5.88. The van der Waals surface area contributed by atoms with Crippen LogP contribution in [-0.2, 0) is 20.8 Å². The Morgan fingerprint density at radius 3 is 2.63 bits per heavy atom. The molecule has 0 unspecified atom stereocenters. The summed E-state index contributed by atoms with van der Waals surface area (Å²) in [4.78, 5) is 0. The van der Waals surface area contributed by atoms with Crippen LogP contribution in [0.2, 0.25) is 0 Å². The Bertz CT molecular complexity index is 504. The molecule has 1 rings (SSSR count). The molecule has 108 valence electrons. The highest BCUT2D eigenvalue weighted by Gasteiger charge is 2.03. The van der Waals surface area contributed by atoms with Crippen LogP contribution in [0.3, 0.4) is 0 Å². The van der Waals surface area contributed by atoms with Crippen LogP contribution in [0.4, 0.5) is 0 Å². The molecule has 0 bridgehead atoms. The average Bonchev–Trinajstić information content (AvgIpc) is 2.30. The number of hydrogen-bond acceptors (Lipinski definition) is 5. The molecule has 0 heterocycles. The zero-order chi connectivity index (χ0) is 14.3. The zero-order valence-corrected chi connectivity index (χ0v) is 13.4. The summed E-state index contributed by atoms with van der Waals surface area (Å²) in [7, 11) is -3.41. The molecule has 0 aliphatic carbocycles. The molecule has 1 aromatic carbocycles. The first kappa shape index (κ1) is 16.4. The highest BCUT2D eigenvalue weighted by molar-refractivity contribution is 9.10. The van der Waals surface area contributed by atoms with Gasteiger partial charge in [-0.15, -0.1) is 0 Å². The van der Waals surface area contributed by atoms with Crippen molar-refractivity contribution in [1.29, 1.82) is 0 Å². The molecular formula is C12H18BrNO4S. The first-order chi connectivity index (χ1) is 8.90. The molecule has 7 heteroatoms. The number of nitrogens with one attached hydrogen (secondary N) is 1. The average molecular weight is 352 g/mol. The van der Waals surface area contributed by atoms with Gasteiger partial charge in [-0.25, -0.2) is 0 Å². The maximum absolute atomic E-state index is 10.8. The second-order valence-corrected chi connectivity index (χ2v) is 6.51. The van der Waals surface area contributed by atoms with Crippen LogP contribution in [0.1, 0.15) is 12.5 Å². The lowest BCUT2D eigenvalue weighted by atomic mass is 10.2. The molecule has 1 N–H and O–H groups in total. The number of ether oxygens (including phenoxy) is 1. The lowest BCUT2D eigenvalue weighted by Gasteiger charge is -2.09. The molecule has 0 fully saturated rings. The van der Waals surface area contributed by atoms with E-state index in [4.69, 9.17) is 4.74 Å². The molecule has 0 saturated carbocycles. The minimum Gasteiger partial charge on any atom is -0.491 e. The number of rotatable bonds is 8. The first-order valence-corrected chi connectivity index (χ1v) is 8.49. The van der Waals surface area contributed by atoms with Crippen molar-refractivity contribution in [2.24, 2.45) is 0 Å². The lowest BCUT2D eigenvalue weighted by Crippen LogP contribution is -2.13. The number of halogens is 1. The monoisotopic (exact) mass is 351 g/mol. The minimum absolute atomic E-state index is 0.00783. The van der Waals surface area contributed by atoms with Crippen LogP contribution < -0.4 is 10.1 Å². The molecule has 0 amide bonds. The van der Waals surface area contributed by atoms with E-state index < -0.39 is 10.1 Å². The third-order valence-corrected chi connectivity index (χ3v) is 3.21. The van der Waals surface area contributed by atoms with Gasteiger partial charge in [0.05, 0.1) is 6.26 Å². The van der Waals surface area contributed by atoms with E-state index in [1.807, 2.05) is 25.1 Å². The van der Waals surface area contributed by atoms with Crippen LogP contribution in [-0.4, -0.2) is 34.4 Å². The predicted octanol–water partition coefficient (Wildman–Crippen LogP) is 1.91. The normalized spacial score (nSPS) is 11.5. The van der Waals surface area contributed by atoms with Crippen molar-refractivity contribution in [2.75, 3.05) is 26.0 Å². The predicted molar refractivity (Wildman–Crippen MR) is 77.8 cm³/mol. The summed E-state index contributed by atoms with van der Waals surface area (Å²) in [5.41, 5.74) is 1.09. The number of hydrogen-bond donors (Lipinski definition) is 1. The third kappa shape index (κ3) is 7.51. The van der Waals surface area contributed by atoms with Crippen molar-refractivity contribution >= 4 is 26.0 Å². The summed E-state index contributed by atoms with van der Waals surface area (Å²) in [6, 6.07) is 5.74. The standard InChI is InChI=1S/C12H18BrNO4S/c1-3-14-9-10-6-11(13)8-12(7-10)17-4-5-18-19(2,15)16/h6-8,14H,3-5,9H2,1-2H3. The fourth-order valence-corrected chi connectivity index (χ4v) is 2.31. The molecule has 19 heavy (non-hydrogen) atoms. The maximum Gasteiger partial charge on any atom is 0.264 e. The second-order valence-electron chi connectivity index (χ2n) is 3.95. The molecule has 0 saturated heterocycles. The summed E-state index contributed by atoms with van der Waals surface area (Å²) >= 11 is 3.41. The van der Waals surface area contributed by atoms with E-state index in [9.17, 15) is 8.42 Å². The van der Waals surface area contributed by atoms with Gasteiger partial charge in [0.2, 0.25) is 0 Å². The molecule has 0 radical (unpaired) electrons. The van der Waals surface area contributed by atoms with Crippen molar-refractivity contribution in [3.05, 3.63) is 28.2 Å². The van der Waals surface area contributed by atoms with Crippen molar-refractivity contribution < 1.29 is 17.3 Å². The molecule has 0 aromatic heterocycles. The minimum atomic E-state index is -3.41. The summed E-state index contributed by atoms with van der Waals surface area (Å²) in [6.07, 6.45) is 1.01. The maximum atomic E-state index is 10.8. The van der Waals surface area contributed by atoms with Gasteiger partial charge in [0.1, 0.15) is 19.0 Å². The second kappa shape index (κ2) is 7.84. The molecule has 0 atom stereocenters. The SMILES string of the molecule is CCNCc1cc(Br)cc(OCCOS(C)(=O)=O)c1. The Morgan fingerprint density at radius 2 is 2.00 bits per heavy atom. The van der Waals surface area contributed by atoms with Crippen LogP contribution in [0.5, 0.6) is 5.75 Å². The summed E-state index contributed by atoms with van der Waals surface area (Å²) in [5.74, 6) is 0.680. The topological polar surface area (TPSA) is 64.6 Å². The Balaban J connectivity index is 2.51. The highest BCUT2D eigenvalue weighted by atomic mass is 79.9. The van der Waals surface area contributed by atoms with Gasteiger partial charge in [-0.05, 0) is 30.3 Å². The van der Waals surface area contributed by atoms with Gasteiger partial charge in [-0.1, -0.05) is 22.9 Å². The van der Waals surface area contributed by atoms with E-state index in [-0.39, 0.29) is 13.2 Å². The molecule has 0 spiro atoms. The Labute approximate surface area is 122 Å². The van der Waals surface area contributed by atoms with Crippen LogP contribution >= 0.6 is 15.9 Å². The van der Waals surface area contributed by atoms with E-state index in [2.05, 4.69) is 25.4 Å². The Morgan fingerprint density at radius 1 is 1.26 bits per heavy atom. The van der Waals surface area contributed by atoms with Crippen molar-refractivity contribution in [3.63, 3.8) is 0 Å². The zero-order valence-electron chi connectivity index (χ0n) is 11.0. The fourth-order valence-electron chi connectivity index (χ4n) is 1.42. The summed E-state index contributed by atoms with van der Waals surface area (Å²) < 4.78 is 32.5. The highest BCUT2D eigenvalue weighted by Crippen LogP contribution is 2.21. The van der Waals surface area contributed by atoms with Gasteiger partial charge in [0.15, 0.2) is 0 Å². The van der Waals surface area contributed by atoms with Gasteiger partial charge in [0, 0.05) is 11.0 Å². The molecule has 5 nitrogen and oxygen atoms in total. The Kier molecular flexibility index (Phi) is 6.78. The van der Waals surface area contributed by atoms with E-state index in [0.717, 1.165) is 29.4 Å². The van der Waals surface area contributed by atoms with Gasteiger partial charge in [-0.3, -0.25) is 4.18 Å². The summed E-state index contributed by atoms with van der Waals surface area (Å²) in [5, 5.41) is 3.23. The third-order valence-electron chi connectivity index (χ3n) is 2.16. The molecular weight excluding hydrogens is 334 g/mol. The van der Waals surface area contributed by atoms with Gasteiger partial charge < -0.3 is 10.1 Å². The number of benzene rings is 1. The van der Waals surface area contributed by atoms with Crippen molar-refractivity contribution in [1.82, 2.24) is 5.32 Å². The smallest absolute Gasteiger partial charge is 0.264 e. The largest absolute Gasteiger partial charge is 0.491 e. The Hall–Kier alpha value is -0.630. The summed E-state index contributed by atoms with van der Waals surface area (Å²) in [6.45, 7) is 3.88. The van der Waals surface area contributed by atoms with Gasteiger partial charge >= 0.3 is 0 Å². The van der Waals surface area contributed by atoms with Crippen LogP contribution in [0.15, 0.2) is 22.7 Å². The van der Waals surface area contributed by atoms with Crippen molar-refractivity contribution in [2.45, 2.75) is 13.5 Å². The molecule has 0 aliphatic rings. The van der Waals surface area contributed by atoms with Gasteiger partial charge in [-0.2, -0.15) is 8.42 Å². The van der Waals surface area contributed by atoms with Gasteiger partial charge in [0.25, 0.3) is 10.1 Å². The van der Waals surface area contributed by atoms with E-state index in [1.165, 1.54) is 0 Å². The molecule has 0 aliphatic heterocycles. The quantitative estimate of drug-likeness (QED) is 0.572. The van der Waals surface area contributed by atoms with E-state index in [0.29, 0.717) is 5.75 Å². The molecule has 1 aromatic rings. The lowest BCUT2D eigenvalue weighted by molar-refractivity contribution is 0.222. The van der Waals surface area contributed by atoms with E-state index >= 15 is 0 Å². The van der Waals surface area contributed by atoms with Crippen molar-refractivity contribution in [3.8, 4) is 5.75 Å². The van der Waals surface area contributed by atoms with E-state index in [1.54, 1.807) is 0 Å². The van der Waals surface area contributed by atoms with Crippen LogP contribution in [0.25, 0.3) is 0 Å². The fraction of sp³-hybridized carbons (Fsp3) is 0.500.